The van der Waals surface area contributed by atoms with E-state index in [4.69, 9.17) is 0 Å². The summed E-state index contributed by atoms with van der Waals surface area (Å²) in [5.74, 6) is -0.307. The van der Waals surface area contributed by atoms with Crippen LogP contribution in [0.25, 0.3) is 0 Å². The zero-order valence-electron chi connectivity index (χ0n) is 10.6. The van der Waals surface area contributed by atoms with Crippen molar-refractivity contribution in [3.63, 3.8) is 0 Å². The van der Waals surface area contributed by atoms with E-state index in [0.29, 0.717) is 11.6 Å². The van der Waals surface area contributed by atoms with E-state index in [1.165, 1.54) is 12.1 Å². The van der Waals surface area contributed by atoms with Gasteiger partial charge in [-0.3, -0.25) is 4.79 Å². The second kappa shape index (κ2) is 5.66. The zero-order valence-corrected chi connectivity index (χ0v) is 11.4. The van der Waals surface area contributed by atoms with Crippen LogP contribution in [-0.2, 0) is 10.0 Å². The first-order chi connectivity index (χ1) is 9.44. The number of anilines is 2. The Bertz CT molecular complexity index is 716. The summed E-state index contributed by atoms with van der Waals surface area (Å²) in [7, 11) is -3.59. The number of nitrogens with zero attached hydrogens (tertiary/aromatic N) is 2. The number of sulfonamides is 1. The maximum absolute atomic E-state index is 11.7. The van der Waals surface area contributed by atoms with E-state index in [2.05, 4.69) is 15.3 Å². The third kappa shape index (κ3) is 4.02. The van der Waals surface area contributed by atoms with E-state index in [9.17, 15) is 13.2 Å². The third-order valence-corrected chi connectivity index (χ3v) is 2.78. The Kier molecular flexibility index (Phi) is 3.94. The van der Waals surface area contributed by atoms with Gasteiger partial charge < -0.3 is 5.32 Å². The fourth-order valence-electron chi connectivity index (χ4n) is 1.46. The molecule has 2 aromatic rings. The molecular formula is C12H12N4O3S. The van der Waals surface area contributed by atoms with E-state index >= 15 is 0 Å². The Morgan fingerprint density at radius 2 is 1.85 bits per heavy atom. The van der Waals surface area contributed by atoms with E-state index < -0.39 is 15.9 Å². The van der Waals surface area contributed by atoms with Gasteiger partial charge in [-0.15, -0.1) is 0 Å². The number of hydrogen-bond donors (Lipinski definition) is 2. The molecule has 0 unspecified atom stereocenters. The molecule has 1 aromatic carbocycles. The molecule has 0 aliphatic heterocycles. The van der Waals surface area contributed by atoms with Crippen molar-refractivity contribution in [1.82, 2.24) is 14.7 Å². The molecule has 2 rings (SSSR count). The average Bonchev–Trinajstić information content (AvgIpc) is 2.38. The van der Waals surface area contributed by atoms with Crippen LogP contribution in [0.3, 0.4) is 0 Å². The minimum atomic E-state index is -3.59. The first kappa shape index (κ1) is 13.9. The minimum absolute atomic E-state index is 0.219. The lowest BCUT2D eigenvalue weighted by atomic mass is 10.2. The lowest BCUT2D eigenvalue weighted by Crippen LogP contribution is -2.29. The van der Waals surface area contributed by atoms with Crippen LogP contribution in [0.4, 0.5) is 11.6 Å². The SMILES string of the molecule is CS(=O)(=O)NC(=O)c1cccc(Nc2ncccn2)c1. The van der Waals surface area contributed by atoms with E-state index in [-0.39, 0.29) is 5.56 Å². The summed E-state index contributed by atoms with van der Waals surface area (Å²) in [6, 6.07) is 8.05. The van der Waals surface area contributed by atoms with Gasteiger partial charge in [0.1, 0.15) is 0 Å². The van der Waals surface area contributed by atoms with Crippen molar-refractivity contribution >= 4 is 27.6 Å². The third-order valence-electron chi connectivity index (χ3n) is 2.22. The van der Waals surface area contributed by atoms with Gasteiger partial charge in [0.25, 0.3) is 5.91 Å². The summed E-state index contributed by atoms with van der Waals surface area (Å²) >= 11 is 0. The van der Waals surface area contributed by atoms with Crippen LogP contribution in [-0.4, -0.2) is 30.5 Å². The van der Waals surface area contributed by atoms with Gasteiger partial charge in [0, 0.05) is 23.6 Å². The largest absolute Gasteiger partial charge is 0.324 e. The van der Waals surface area contributed by atoms with Crippen LogP contribution in [0.1, 0.15) is 10.4 Å². The Morgan fingerprint density at radius 1 is 1.15 bits per heavy atom. The average molecular weight is 292 g/mol. The van der Waals surface area contributed by atoms with Gasteiger partial charge in [0.2, 0.25) is 16.0 Å². The Morgan fingerprint density at radius 3 is 2.50 bits per heavy atom. The number of benzene rings is 1. The molecule has 0 spiro atoms. The first-order valence-corrected chi connectivity index (χ1v) is 7.49. The van der Waals surface area contributed by atoms with Crippen LogP contribution in [0.15, 0.2) is 42.7 Å². The van der Waals surface area contributed by atoms with Gasteiger partial charge in [-0.25, -0.2) is 23.1 Å². The van der Waals surface area contributed by atoms with Gasteiger partial charge in [-0.2, -0.15) is 0 Å². The number of carbonyl (C=O) groups is 1. The van der Waals surface area contributed by atoms with Crippen LogP contribution in [0.2, 0.25) is 0 Å². The van der Waals surface area contributed by atoms with Crippen LogP contribution in [0, 0.1) is 0 Å². The van der Waals surface area contributed by atoms with Gasteiger partial charge in [-0.1, -0.05) is 6.07 Å². The molecule has 0 saturated heterocycles. The normalized spacial score (nSPS) is 10.8. The van der Waals surface area contributed by atoms with Crippen molar-refractivity contribution in [2.75, 3.05) is 11.6 Å². The Labute approximate surface area is 116 Å². The monoisotopic (exact) mass is 292 g/mol. The molecule has 1 heterocycles. The molecule has 0 saturated carbocycles. The summed E-state index contributed by atoms with van der Waals surface area (Å²) in [5, 5.41) is 2.91. The van der Waals surface area contributed by atoms with Crippen molar-refractivity contribution in [1.29, 1.82) is 0 Å². The van der Waals surface area contributed by atoms with Crippen LogP contribution < -0.4 is 10.0 Å². The fourth-order valence-corrected chi connectivity index (χ4v) is 1.91. The molecule has 1 amide bonds. The van der Waals surface area contributed by atoms with Gasteiger partial charge in [0.15, 0.2) is 0 Å². The topological polar surface area (TPSA) is 101 Å². The van der Waals surface area contributed by atoms with Crippen molar-refractivity contribution in [2.45, 2.75) is 0 Å². The lowest BCUT2D eigenvalue weighted by Gasteiger charge is -2.07. The molecule has 0 atom stereocenters. The molecule has 0 aliphatic carbocycles. The molecule has 1 aromatic heterocycles. The first-order valence-electron chi connectivity index (χ1n) is 5.60. The molecule has 7 nitrogen and oxygen atoms in total. The molecule has 0 bridgehead atoms. The van der Waals surface area contributed by atoms with Crippen molar-refractivity contribution in [3.8, 4) is 0 Å². The summed E-state index contributed by atoms with van der Waals surface area (Å²) in [6.07, 6.45) is 4.08. The second-order valence-corrected chi connectivity index (χ2v) is 5.73. The predicted molar refractivity (Wildman–Crippen MR) is 74.1 cm³/mol. The quantitative estimate of drug-likeness (QED) is 0.868. The standard InChI is InChI=1S/C12H12N4O3S/c1-20(18,19)16-11(17)9-4-2-5-10(8-9)15-12-13-6-3-7-14-12/h2-8H,1H3,(H,16,17)(H,13,14,15). The Hall–Kier alpha value is -2.48. The molecule has 0 radical (unpaired) electrons. The van der Waals surface area contributed by atoms with Gasteiger partial charge in [0.05, 0.1) is 6.26 Å². The highest BCUT2D eigenvalue weighted by Crippen LogP contribution is 2.14. The number of carbonyl (C=O) groups excluding carboxylic acids is 1. The van der Waals surface area contributed by atoms with Crippen LogP contribution >= 0.6 is 0 Å². The fraction of sp³-hybridized carbons (Fsp3) is 0.0833. The predicted octanol–water partition coefficient (Wildman–Crippen LogP) is 0.910. The molecule has 0 aliphatic rings. The number of aromatic nitrogens is 2. The highest BCUT2D eigenvalue weighted by atomic mass is 32.2. The number of rotatable bonds is 4. The number of hydrogen-bond acceptors (Lipinski definition) is 6. The van der Waals surface area contributed by atoms with Crippen molar-refractivity contribution in [2.24, 2.45) is 0 Å². The van der Waals surface area contributed by atoms with E-state index in [1.807, 2.05) is 4.72 Å². The molecule has 104 valence electrons. The van der Waals surface area contributed by atoms with Crippen molar-refractivity contribution < 1.29 is 13.2 Å². The number of nitrogens with one attached hydrogen (secondary N) is 2. The van der Waals surface area contributed by atoms with Crippen LogP contribution in [0.5, 0.6) is 0 Å². The Balaban J connectivity index is 2.18. The van der Waals surface area contributed by atoms with Crippen molar-refractivity contribution in [3.05, 3.63) is 48.3 Å². The smallest absolute Gasteiger partial charge is 0.264 e. The molecular weight excluding hydrogens is 280 g/mol. The maximum atomic E-state index is 11.7. The second-order valence-electron chi connectivity index (χ2n) is 3.98. The molecule has 0 fully saturated rings. The summed E-state index contributed by atoms with van der Waals surface area (Å²) < 4.78 is 23.9. The minimum Gasteiger partial charge on any atom is -0.324 e. The maximum Gasteiger partial charge on any atom is 0.264 e. The summed E-state index contributed by atoms with van der Waals surface area (Å²) in [6.45, 7) is 0. The van der Waals surface area contributed by atoms with Gasteiger partial charge in [-0.05, 0) is 24.3 Å². The highest BCUT2D eigenvalue weighted by Gasteiger charge is 2.11. The van der Waals surface area contributed by atoms with E-state index in [0.717, 1.165) is 6.26 Å². The molecule has 8 heteroatoms. The van der Waals surface area contributed by atoms with Gasteiger partial charge >= 0.3 is 0 Å². The molecule has 2 N–H and O–H groups in total. The highest BCUT2D eigenvalue weighted by molar-refractivity contribution is 7.89. The molecule has 20 heavy (non-hydrogen) atoms. The number of amides is 1. The zero-order chi connectivity index (χ0) is 14.6. The lowest BCUT2D eigenvalue weighted by molar-refractivity contribution is 0.0981. The summed E-state index contributed by atoms with van der Waals surface area (Å²) in [5.41, 5.74) is 0.800. The summed E-state index contributed by atoms with van der Waals surface area (Å²) in [4.78, 5) is 19.7. The van der Waals surface area contributed by atoms with E-state index in [1.54, 1.807) is 30.6 Å².